The van der Waals surface area contributed by atoms with Crippen molar-refractivity contribution in [3.8, 4) is 0 Å². The standard InChI is InChI=1S/C22H25ClF3N3O4S/c1-4-19(21(31)27-2)28(13-15-8-6-5-7-9-15)20(30)14-29(34(3,32)33)16-10-11-18(23)17(12-16)22(24,25)26/h5-12,19H,4,13-14H2,1-3H3,(H,27,31). The molecule has 7 nitrogen and oxygen atoms in total. The second kappa shape index (κ2) is 11.1. The summed E-state index contributed by atoms with van der Waals surface area (Å²) in [6.07, 6.45) is -3.82. The predicted molar refractivity (Wildman–Crippen MR) is 124 cm³/mol. The highest BCUT2D eigenvalue weighted by molar-refractivity contribution is 7.92. The molecule has 0 aliphatic heterocycles. The number of rotatable bonds is 9. The van der Waals surface area contributed by atoms with Gasteiger partial charge in [-0.1, -0.05) is 48.9 Å². The Bertz CT molecular complexity index is 1130. The van der Waals surface area contributed by atoms with E-state index in [0.717, 1.165) is 18.4 Å². The van der Waals surface area contributed by atoms with Gasteiger partial charge in [0, 0.05) is 13.6 Å². The van der Waals surface area contributed by atoms with Crippen LogP contribution in [0.1, 0.15) is 24.5 Å². The summed E-state index contributed by atoms with van der Waals surface area (Å²) in [5.41, 5.74) is -0.916. The molecule has 0 saturated heterocycles. The number of hydrogen-bond donors (Lipinski definition) is 1. The first-order valence-corrected chi connectivity index (χ1v) is 12.4. The highest BCUT2D eigenvalue weighted by atomic mass is 35.5. The molecule has 34 heavy (non-hydrogen) atoms. The Balaban J connectivity index is 2.49. The number of halogens is 4. The molecule has 1 unspecified atom stereocenters. The van der Waals surface area contributed by atoms with E-state index in [1.54, 1.807) is 37.3 Å². The number of carbonyl (C=O) groups is 2. The van der Waals surface area contributed by atoms with Crippen LogP contribution in [0.25, 0.3) is 0 Å². The minimum absolute atomic E-state index is 0.00236. The topological polar surface area (TPSA) is 86.8 Å². The maximum absolute atomic E-state index is 13.3. The third-order valence-electron chi connectivity index (χ3n) is 5.05. The van der Waals surface area contributed by atoms with E-state index in [-0.39, 0.29) is 18.7 Å². The second-order valence-electron chi connectivity index (χ2n) is 7.48. The molecule has 2 aromatic carbocycles. The third-order valence-corrected chi connectivity index (χ3v) is 6.52. The first kappa shape index (κ1) is 27.5. The molecule has 0 aromatic heterocycles. The van der Waals surface area contributed by atoms with Crippen molar-refractivity contribution in [1.29, 1.82) is 0 Å². The van der Waals surface area contributed by atoms with E-state index in [1.165, 1.54) is 11.9 Å². The Kier molecular flexibility index (Phi) is 8.96. The highest BCUT2D eigenvalue weighted by Gasteiger charge is 2.36. The average Bonchev–Trinajstić information content (AvgIpc) is 2.76. The van der Waals surface area contributed by atoms with Crippen molar-refractivity contribution in [3.63, 3.8) is 0 Å². The van der Waals surface area contributed by atoms with Crippen LogP contribution in [0.15, 0.2) is 48.5 Å². The first-order chi connectivity index (χ1) is 15.8. The number of carbonyl (C=O) groups excluding carboxylic acids is 2. The van der Waals surface area contributed by atoms with Crippen molar-refractivity contribution in [1.82, 2.24) is 10.2 Å². The normalized spacial score (nSPS) is 12.7. The first-order valence-electron chi connectivity index (χ1n) is 10.2. The molecule has 1 N–H and O–H groups in total. The van der Waals surface area contributed by atoms with Gasteiger partial charge in [0.05, 0.1) is 22.5 Å². The van der Waals surface area contributed by atoms with E-state index < -0.39 is 51.2 Å². The van der Waals surface area contributed by atoms with Crippen molar-refractivity contribution >= 4 is 39.1 Å². The van der Waals surface area contributed by atoms with Gasteiger partial charge in [-0.3, -0.25) is 13.9 Å². The molecular formula is C22H25ClF3N3O4S. The molecule has 0 fully saturated rings. The molecule has 1 atom stereocenters. The molecule has 0 bridgehead atoms. The molecule has 0 heterocycles. The number of amides is 2. The summed E-state index contributed by atoms with van der Waals surface area (Å²) in [5, 5.41) is 1.87. The maximum Gasteiger partial charge on any atom is 0.417 e. The number of nitrogens with one attached hydrogen (secondary N) is 1. The largest absolute Gasteiger partial charge is 0.417 e. The molecule has 2 rings (SSSR count). The van der Waals surface area contributed by atoms with Crippen molar-refractivity contribution in [3.05, 3.63) is 64.7 Å². The van der Waals surface area contributed by atoms with Crippen LogP contribution < -0.4 is 9.62 Å². The van der Waals surface area contributed by atoms with Gasteiger partial charge in [0.25, 0.3) is 0 Å². The fraction of sp³-hybridized carbons (Fsp3) is 0.364. The Morgan fingerprint density at radius 2 is 1.74 bits per heavy atom. The van der Waals surface area contributed by atoms with Crippen molar-refractivity contribution in [2.45, 2.75) is 32.1 Å². The Hall–Kier alpha value is -2.79. The summed E-state index contributed by atoms with van der Waals surface area (Å²) in [4.78, 5) is 27.0. The number of alkyl halides is 3. The Morgan fingerprint density at radius 3 is 2.24 bits per heavy atom. The van der Waals surface area contributed by atoms with Crippen LogP contribution in [0.4, 0.5) is 18.9 Å². The molecular weight excluding hydrogens is 495 g/mol. The number of benzene rings is 2. The van der Waals surface area contributed by atoms with Crippen LogP contribution in [-0.4, -0.2) is 51.0 Å². The maximum atomic E-state index is 13.3. The van der Waals surface area contributed by atoms with Crippen LogP contribution in [0.3, 0.4) is 0 Å². The summed E-state index contributed by atoms with van der Waals surface area (Å²) in [5.74, 6) is -1.21. The molecule has 0 aliphatic rings. The molecule has 0 saturated carbocycles. The minimum Gasteiger partial charge on any atom is -0.357 e. The fourth-order valence-corrected chi connectivity index (χ4v) is 4.43. The van der Waals surface area contributed by atoms with Crippen LogP contribution in [-0.2, 0) is 32.3 Å². The molecule has 0 spiro atoms. The van der Waals surface area contributed by atoms with Crippen molar-refractivity contribution < 1.29 is 31.2 Å². The van der Waals surface area contributed by atoms with E-state index in [0.29, 0.717) is 15.9 Å². The molecule has 2 amide bonds. The van der Waals surface area contributed by atoms with Crippen LogP contribution in [0.5, 0.6) is 0 Å². The lowest BCUT2D eigenvalue weighted by atomic mass is 10.1. The van der Waals surface area contributed by atoms with Crippen LogP contribution in [0, 0.1) is 0 Å². The zero-order chi connectivity index (χ0) is 25.7. The summed E-state index contributed by atoms with van der Waals surface area (Å²) >= 11 is 5.65. The van der Waals surface area contributed by atoms with Crippen LogP contribution >= 0.6 is 11.6 Å². The van der Waals surface area contributed by atoms with E-state index in [1.807, 2.05) is 0 Å². The Morgan fingerprint density at radius 1 is 1.12 bits per heavy atom. The zero-order valence-corrected chi connectivity index (χ0v) is 20.3. The van der Waals surface area contributed by atoms with Gasteiger partial charge < -0.3 is 10.2 Å². The third kappa shape index (κ3) is 6.86. The summed E-state index contributed by atoms with van der Waals surface area (Å²) in [7, 11) is -2.77. The van der Waals surface area contributed by atoms with Gasteiger partial charge in [-0.25, -0.2) is 8.42 Å². The number of sulfonamides is 1. The van der Waals surface area contributed by atoms with Gasteiger partial charge in [0.15, 0.2) is 0 Å². The average molecular weight is 520 g/mol. The lowest BCUT2D eigenvalue weighted by molar-refractivity contribution is -0.140. The Labute approximate surface area is 201 Å². The van der Waals surface area contributed by atoms with Gasteiger partial charge in [0.2, 0.25) is 21.8 Å². The lowest BCUT2D eigenvalue weighted by Crippen LogP contribution is -2.51. The van der Waals surface area contributed by atoms with E-state index >= 15 is 0 Å². The summed E-state index contributed by atoms with van der Waals surface area (Å²) < 4.78 is 65.5. The highest BCUT2D eigenvalue weighted by Crippen LogP contribution is 2.37. The quantitative estimate of drug-likeness (QED) is 0.547. The van der Waals surface area contributed by atoms with Gasteiger partial charge in [-0.05, 0) is 30.2 Å². The van der Waals surface area contributed by atoms with E-state index in [9.17, 15) is 31.2 Å². The van der Waals surface area contributed by atoms with E-state index in [4.69, 9.17) is 11.6 Å². The molecule has 186 valence electrons. The number of hydrogen-bond acceptors (Lipinski definition) is 4. The van der Waals surface area contributed by atoms with Gasteiger partial charge in [-0.15, -0.1) is 0 Å². The van der Waals surface area contributed by atoms with Crippen molar-refractivity contribution in [2.75, 3.05) is 24.2 Å². The number of nitrogens with zero attached hydrogens (tertiary/aromatic N) is 2. The number of likely N-dealkylation sites (N-methyl/N-ethyl adjacent to an activating group) is 1. The summed E-state index contributed by atoms with van der Waals surface area (Å²) in [6, 6.07) is 10.4. The fourth-order valence-electron chi connectivity index (χ4n) is 3.37. The molecule has 0 aliphatic carbocycles. The minimum atomic E-state index is -4.83. The van der Waals surface area contributed by atoms with Crippen LogP contribution in [0.2, 0.25) is 5.02 Å². The number of anilines is 1. The zero-order valence-electron chi connectivity index (χ0n) is 18.8. The van der Waals surface area contributed by atoms with Gasteiger partial charge in [0.1, 0.15) is 12.6 Å². The molecule has 2 aromatic rings. The lowest BCUT2D eigenvalue weighted by Gasteiger charge is -2.32. The molecule has 12 heteroatoms. The molecule has 0 radical (unpaired) electrons. The van der Waals surface area contributed by atoms with Crippen molar-refractivity contribution in [2.24, 2.45) is 0 Å². The van der Waals surface area contributed by atoms with Gasteiger partial charge in [-0.2, -0.15) is 13.2 Å². The van der Waals surface area contributed by atoms with Gasteiger partial charge >= 0.3 is 6.18 Å². The monoisotopic (exact) mass is 519 g/mol. The smallest absolute Gasteiger partial charge is 0.357 e. The summed E-state index contributed by atoms with van der Waals surface area (Å²) in [6.45, 7) is 0.879. The van der Waals surface area contributed by atoms with E-state index in [2.05, 4.69) is 5.32 Å². The second-order valence-corrected chi connectivity index (χ2v) is 9.79. The SMILES string of the molecule is CCC(C(=O)NC)N(Cc1ccccc1)C(=O)CN(c1ccc(Cl)c(C(F)(F)F)c1)S(C)(=O)=O. The predicted octanol–water partition coefficient (Wildman–Crippen LogP) is 3.68.